The van der Waals surface area contributed by atoms with Gasteiger partial charge in [0.05, 0.1) is 6.04 Å². The molecule has 1 atom stereocenters. The van der Waals surface area contributed by atoms with E-state index in [0.717, 1.165) is 0 Å². The molecule has 2 heteroatoms. The summed E-state index contributed by atoms with van der Waals surface area (Å²) in [5.74, 6) is 0. The summed E-state index contributed by atoms with van der Waals surface area (Å²) in [6, 6.07) is 8.35. The molecular weight excluding hydrogens is 190 g/mol. The predicted molar refractivity (Wildman–Crippen MR) is 63.7 cm³/mol. The molecule has 0 aliphatic carbocycles. The number of hydrogen-bond acceptors (Lipinski definition) is 2. The number of benzene rings is 1. The Kier molecular flexibility index (Phi) is 2.40. The molecule has 2 aromatic rings. The summed E-state index contributed by atoms with van der Waals surface area (Å²) in [6.45, 7) is 5.85. The third kappa shape index (κ3) is 1.37. The maximum absolute atomic E-state index is 5.95. The average molecular weight is 203 g/mol. The van der Waals surface area contributed by atoms with Crippen molar-refractivity contribution in [1.82, 2.24) is 0 Å². The summed E-state index contributed by atoms with van der Waals surface area (Å²) < 4.78 is 1.30. The number of nitrogens with two attached hydrogens (primary N) is 1. The quantitative estimate of drug-likeness (QED) is 0.744. The molecule has 0 amide bonds. The van der Waals surface area contributed by atoms with Crippen molar-refractivity contribution in [2.45, 2.75) is 13.0 Å². The lowest BCUT2D eigenvalue weighted by Crippen LogP contribution is -2.05. The van der Waals surface area contributed by atoms with Crippen LogP contribution in [0.5, 0.6) is 0 Å². The summed E-state index contributed by atoms with van der Waals surface area (Å²) in [6.07, 6.45) is 1.79. The first kappa shape index (κ1) is 9.44. The second kappa shape index (κ2) is 3.56. The predicted octanol–water partition coefficient (Wildman–Crippen LogP) is 3.40. The highest BCUT2D eigenvalue weighted by Gasteiger charge is 2.11. The molecule has 1 aromatic carbocycles. The fourth-order valence-corrected chi connectivity index (χ4v) is 2.83. The molecule has 0 fully saturated rings. The van der Waals surface area contributed by atoms with E-state index in [-0.39, 0.29) is 6.04 Å². The standard InChI is InChI=1S/C12H13NS/c1-3-10(13)12-8(2)9-6-4-5-7-11(9)14-12/h3-7,10H,1,13H2,2H3/t10-/m0/s1. The summed E-state index contributed by atoms with van der Waals surface area (Å²) in [5.41, 5.74) is 7.24. The van der Waals surface area contributed by atoms with Gasteiger partial charge < -0.3 is 5.73 Å². The monoisotopic (exact) mass is 203 g/mol. The maximum Gasteiger partial charge on any atom is 0.0576 e. The lowest BCUT2D eigenvalue weighted by Gasteiger charge is -2.03. The first-order chi connectivity index (χ1) is 6.74. The van der Waals surface area contributed by atoms with Crippen LogP contribution in [0.15, 0.2) is 36.9 Å². The van der Waals surface area contributed by atoms with E-state index in [0.29, 0.717) is 0 Å². The zero-order valence-electron chi connectivity index (χ0n) is 8.16. The molecule has 0 unspecified atom stereocenters. The minimum absolute atomic E-state index is 0.0348. The van der Waals surface area contributed by atoms with Crippen LogP contribution in [-0.2, 0) is 0 Å². The molecule has 0 aliphatic rings. The fourth-order valence-electron chi connectivity index (χ4n) is 1.62. The van der Waals surface area contributed by atoms with Crippen molar-refractivity contribution in [3.8, 4) is 0 Å². The molecule has 0 saturated heterocycles. The fraction of sp³-hybridized carbons (Fsp3) is 0.167. The topological polar surface area (TPSA) is 26.0 Å². The maximum atomic E-state index is 5.95. The minimum Gasteiger partial charge on any atom is -0.320 e. The van der Waals surface area contributed by atoms with Gasteiger partial charge in [0.2, 0.25) is 0 Å². The summed E-state index contributed by atoms with van der Waals surface area (Å²) in [7, 11) is 0. The Morgan fingerprint density at radius 3 is 2.79 bits per heavy atom. The van der Waals surface area contributed by atoms with Crippen LogP contribution in [0, 0.1) is 6.92 Å². The van der Waals surface area contributed by atoms with Crippen LogP contribution in [0.2, 0.25) is 0 Å². The molecule has 0 saturated carbocycles. The summed E-state index contributed by atoms with van der Waals surface area (Å²) in [5, 5.41) is 1.31. The Bertz CT molecular complexity index is 470. The largest absolute Gasteiger partial charge is 0.320 e. The Morgan fingerprint density at radius 1 is 1.43 bits per heavy atom. The summed E-state index contributed by atoms with van der Waals surface area (Å²) in [4.78, 5) is 1.22. The van der Waals surface area contributed by atoms with E-state index >= 15 is 0 Å². The van der Waals surface area contributed by atoms with E-state index < -0.39 is 0 Å². The molecule has 2 rings (SSSR count). The number of aryl methyl sites for hydroxylation is 1. The average Bonchev–Trinajstić information content (AvgIpc) is 2.56. The van der Waals surface area contributed by atoms with Gasteiger partial charge in [-0.15, -0.1) is 17.9 Å². The van der Waals surface area contributed by atoms with E-state index in [9.17, 15) is 0 Å². The van der Waals surface area contributed by atoms with E-state index in [2.05, 4.69) is 37.8 Å². The molecule has 2 N–H and O–H groups in total. The van der Waals surface area contributed by atoms with Crippen molar-refractivity contribution in [2.75, 3.05) is 0 Å². The van der Waals surface area contributed by atoms with E-state index in [1.807, 2.05) is 0 Å². The van der Waals surface area contributed by atoms with Gasteiger partial charge in [-0.2, -0.15) is 0 Å². The zero-order valence-corrected chi connectivity index (χ0v) is 8.97. The van der Waals surface area contributed by atoms with Crippen molar-refractivity contribution in [1.29, 1.82) is 0 Å². The van der Waals surface area contributed by atoms with Gasteiger partial charge in [-0.25, -0.2) is 0 Å². The van der Waals surface area contributed by atoms with Crippen LogP contribution in [0.4, 0.5) is 0 Å². The Morgan fingerprint density at radius 2 is 2.14 bits per heavy atom. The normalized spacial score (nSPS) is 13.0. The highest BCUT2D eigenvalue weighted by molar-refractivity contribution is 7.19. The van der Waals surface area contributed by atoms with E-state index in [1.165, 1.54) is 20.5 Å². The van der Waals surface area contributed by atoms with Crippen molar-refractivity contribution in [3.05, 3.63) is 47.4 Å². The SMILES string of the molecule is C=C[C@H](N)c1sc2ccccc2c1C. The molecule has 1 heterocycles. The Balaban J connectivity index is 2.68. The Hall–Kier alpha value is -1.12. The number of hydrogen-bond donors (Lipinski definition) is 1. The second-order valence-electron chi connectivity index (χ2n) is 3.35. The molecule has 14 heavy (non-hydrogen) atoms. The van der Waals surface area contributed by atoms with Gasteiger partial charge in [-0.3, -0.25) is 0 Å². The highest BCUT2D eigenvalue weighted by atomic mass is 32.1. The van der Waals surface area contributed by atoms with Crippen LogP contribution in [0.3, 0.4) is 0 Å². The van der Waals surface area contributed by atoms with Crippen LogP contribution in [0.25, 0.3) is 10.1 Å². The molecule has 1 aromatic heterocycles. The van der Waals surface area contributed by atoms with Gasteiger partial charge in [0.25, 0.3) is 0 Å². The molecule has 0 aliphatic heterocycles. The van der Waals surface area contributed by atoms with E-state index in [4.69, 9.17) is 5.73 Å². The second-order valence-corrected chi connectivity index (χ2v) is 4.43. The third-order valence-electron chi connectivity index (χ3n) is 2.44. The Labute approximate surface area is 87.9 Å². The molecule has 0 spiro atoms. The van der Waals surface area contributed by atoms with Gasteiger partial charge in [0.15, 0.2) is 0 Å². The molecule has 72 valence electrons. The molecule has 0 bridgehead atoms. The van der Waals surface area contributed by atoms with Crippen molar-refractivity contribution < 1.29 is 0 Å². The first-order valence-corrected chi connectivity index (χ1v) is 5.42. The first-order valence-electron chi connectivity index (χ1n) is 4.60. The van der Waals surface area contributed by atoms with Crippen molar-refractivity contribution >= 4 is 21.4 Å². The van der Waals surface area contributed by atoms with Gasteiger partial charge >= 0.3 is 0 Å². The highest BCUT2D eigenvalue weighted by Crippen LogP contribution is 2.33. The third-order valence-corrected chi connectivity index (χ3v) is 3.81. The number of rotatable bonds is 2. The van der Waals surface area contributed by atoms with Crippen LogP contribution in [-0.4, -0.2) is 0 Å². The van der Waals surface area contributed by atoms with Crippen LogP contribution in [0.1, 0.15) is 16.5 Å². The number of fused-ring (bicyclic) bond motifs is 1. The molecular formula is C12H13NS. The zero-order chi connectivity index (χ0) is 10.1. The smallest absolute Gasteiger partial charge is 0.0576 e. The van der Waals surface area contributed by atoms with Crippen LogP contribution < -0.4 is 5.73 Å². The summed E-state index contributed by atoms with van der Waals surface area (Å²) >= 11 is 1.76. The van der Waals surface area contributed by atoms with E-state index in [1.54, 1.807) is 17.4 Å². The van der Waals surface area contributed by atoms with Crippen molar-refractivity contribution in [3.63, 3.8) is 0 Å². The van der Waals surface area contributed by atoms with Crippen molar-refractivity contribution in [2.24, 2.45) is 5.73 Å². The molecule has 0 radical (unpaired) electrons. The number of thiophene rings is 1. The van der Waals surface area contributed by atoms with Crippen LogP contribution >= 0.6 is 11.3 Å². The van der Waals surface area contributed by atoms with Gasteiger partial charge in [0, 0.05) is 9.58 Å². The minimum atomic E-state index is -0.0348. The molecule has 1 nitrogen and oxygen atoms in total. The van der Waals surface area contributed by atoms with Gasteiger partial charge in [-0.05, 0) is 23.9 Å². The lowest BCUT2D eigenvalue weighted by molar-refractivity contribution is 0.931. The lowest BCUT2D eigenvalue weighted by atomic mass is 10.1. The van der Waals surface area contributed by atoms with Gasteiger partial charge in [-0.1, -0.05) is 24.3 Å². The van der Waals surface area contributed by atoms with Gasteiger partial charge in [0.1, 0.15) is 0 Å².